The molecule has 0 bridgehead atoms. The lowest BCUT2D eigenvalue weighted by atomic mass is 10.2. The Bertz CT molecular complexity index is 749. The molecule has 0 radical (unpaired) electrons. The summed E-state index contributed by atoms with van der Waals surface area (Å²) in [4.78, 5) is 12.0. The number of rotatable bonds is 6. The van der Waals surface area contributed by atoms with Crippen molar-refractivity contribution in [3.8, 4) is 11.5 Å². The number of nitrogens with zero attached hydrogens (tertiary/aromatic N) is 2. The first-order valence-corrected chi connectivity index (χ1v) is 7.32. The second kappa shape index (κ2) is 7.50. The predicted octanol–water partition coefficient (Wildman–Crippen LogP) is 3.06. The number of nitrogens with two attached hydrogens (primary N) is 1. The van der Waals surface area contributed by atoms with E-state index in [0.717, 1.165) is 9.79 Å². The lowest BCUT2D eigenvalue weighted by Crippen LogP contribution is -1.95. The second-order valence-electron chi connectivity index (χ2n) is 4.38. The van der Waals surface area contributed by atoms with E-state index in [4.69, 9.17) is 15.3 Å². The van der Waals surface area contributed by atoms with Gasteiger partial charge >= 0.3 is 0 Å². The molecule has 7 nitrogen and oxygen atoms in total. The molecule has 0 aliphatic carbocycles. The van der Waals surface area contributed by atoms with Gasteiger partial charge in [0.2, 0.25) is 0 Å². The summed E-state index contributed by atoms with van der Waals surface area (Å²) in [5.41, 5.74) is 0.526. The zero-order chi connectivity index (χ0) is 16.8. The average molecular weight is 333 g/mol. The van der Waals surface area contributed by atoms with E-state index < -0.39 is 4.92 Å². The van der Waals surface area contributed by atoms with Crippen LogP contribution in [0.2, 0.25) is 0 Å². The van der Waals surface area contributed by atoms with Crippen LogP contribution in [0.5, 0.6) is 11.5 Å². The Morgan fingerprint density at radius 2 is 1.96 bits per heavy atom. The zero-order valence-corrected chi connectivity index (χ0v) is 13.4. The maximum Gasteiger partial charge on any atom is 0.270 e. The highest BCUT2D eigenvalue weighted by atomic mass is 32.2. The van der Waals surface area contributed by atoms with Crippen LogP contribution in [0.4, 0.5) is 5.69 Å². The quantitative estimate of drug-likeness (QED) is 0.377. The molecule has 120 valence electrons. The third-order valence-electron chi connectivity index (χ3n) is 3.01. The summed E-state index contributed by atoms with van der Waals surface area (Å²) in [7, 11) is 3.15. The number of hydrogen-bond donors (Lipinski definition) is 1. The van der Waals surface area contributed by atoms with Gasteiger partial charge in [0, 0.05) is 22.6 Å². The van der Waals surface area contributed by atoms with E-state index in [1.54, 1.807) is 32.4 Å². The fraction of sp³-hybridized carbons (Fsp3) is 0.133. The summed E-state index contributed by atoms with van der Waals surface area (Å²) in [6.45, 7) is 0. The van der Waals surface area contributed by atoms with Gasteiger partial charge in [-0.3, -0.25) is 10.1 Å². The lowest BCUT2D eigenvalue weighted by molar-refractivity contribution is -0.384. The molecular weight excluding hydrogens is 318 g/mol. The third kappa shape index (κ3) is 3.92. The van der Waals surface area contributed by atoms with Crippen molar-refractivity contribution in [2.24, 2.45) is 10.9 Å². The van der Waals surface area contributed by atoms with Gasteiger partial charge < -0.3 is 15.3 Å². The van der Waals surface area contributed by atoms with Crippen LogP contribution < -0.4 is 15.3 Å². The van der Waals surface area contributed by atoms with Crippen LogP contribution in [0.15, 0.2) is 51.3 Å². The molecule has 0 aliphatic heterocycles. The highest BCUT2D eigenvalue weighted by Crippen LogP contribution is 2.39. The molecule has 0 atom stereocenters. The van der Waals surface area contributed by atoms with Crippen molar-refractivity contribution in [2.75, 3.05) is 14.2 Å². The van der Waals surface area contributed by atoms with E-state index in [0.29, 0.717) is 17.1 Å². The van der Waals surface area contributed by atoms with Gasteiger partial charge in [-0.05, 0) is 24.3 Å². The molecule has 0 saturated heterocycles. The van der Waals surface area contributed by atoms with Crippen molar-refractivity contribution in [3.63, 3.8) is 0 Å². The van der Waals surface area contributed by atoms with Gasteiger partial charge in [0.05, 0.1) is 30.3 Å². The van der Waals surface area contributed by atoms with Crippen molar-refractivity contribution < 1.29 is 14.4 Å². The summed E-state index contributed by atoms with van der Waals surface area (Å²) in [6, 6.07) is 9.92. The fourth-order valence-electron chi connectivity index (χ4n) is 1.91. The van der Waals surface area contributed by atoms with E-state index in [1.165, 1.54) is 30.1 Å². The molecule has 0 fully saturated rings. The molecule has 0 amide bonds. The first-order valence-electron chi connectivity index (χ1n) is 6.50. The number of benzene rings is 2. The highest BCUT2D eigenvalue weighted by Gasteiger charge is 2.13. The molecule has 0 heterocycles. The van der Waals surface area contributed by atoms with Gasteiger partial charge in [-0.15, -0.1) is 0 Å². The average Bonchev–Trinajstić information content (AvgIpc) is 2.56. The number of nitro benzene ring substituents is 1. The van der Waals surface area contributed by atoms with Gasteiger partial charge in [-0.1, -0.05) is 11.8 Å². The fourth-order valence-corrected chi connectivity index (χ4v) is 2.94. The van der Waals surface area contributed by atoms with Crippen LogP contribution >= 0.6 is 11.8 Å². The topological polar surface area (TPSA) is 100.0 Å². The Balaban J connectivity index is 2.45. The molecule has 2 rings (SSSR count). The molecule has 0 spiro atoms. The monoisotopic (exact) mass is 333 g/mol. The summed E-state index contributed by atoms with van der Waals surface area (Å²) < 4.78 is 10.6. The van der Waals surface area contributed by atoms with Gasteiger partial charge in [0.1, 0.15) is 11.5 Å². The smallest absolute Gasteiger partial charge is 0.270 e. The molecule has 0 aromatic heterocycles. The van der Waals surface area contributed by atoms with Crippen LogP contribution in [0, 0.1) is 10.1 Å². The van der Waals surface area contributed by atoms with Crippen LogP contribution in [0.3, 0.4) is 0 Å². The van der Waals surface area contributed by atoms with Gasteiger partial charge in [0.25, 0.3) is 5.69 Å². The van der Waals surface area contributed by atoms with Gasteiger partial charge in [0.15, 0.2) is 0 Å². The Morgan fingerprint density at radius 3 is 2.57 bits per heavy atom. The first kappa shape index (κ1) is 16.6. The number of nitro groups is 1. The Hall–Kier alpha value is -2.74. The van der Waals surface area contributed by atoms with Gasteiger partial charge in [-0.2, -0.15) is 5.10 Å². The van der Waals surface area contributed by atoms with Crippen molar-refractivity contribution in [1.82, 2.24) is 0 Å². The summed E-state index contributed by atoms with van der Waals surface area (Å²) >= 11 is 1.38. The third-order valence-corrected chi connectivity index (χ3v) is 4.14. The number of ether oxygens (including phenoxy) is 2. The molecule has 2 aromatic rings. The SMILES string of the molecule is COc1ccc(OC)c(Sc2ccc([N+](=O)[O-])cc2C=NN)c1. The second-order valence-corrected chi connectivity index (χ2v) is 5.46. The number of non-ortho nitro benzene ring substituents is 1. The van der Waals surface area contributed by atoms with Crippen LogP contribution in [0.1, 0.15) is 5.56 Å². The van der Waals surface area contributed by atoms with E-state index in [2.05, 4.69) is 5.10 Å². The zero-order valence-electron chi connectivity index (χ0n) is 12.6. The molecular formula is C15H15N3O4S. The van der Waals surface area contributed by atoms with E-state index in [9.17, 15) is 10.1 Å². The Labute approximate surface area is 137 Å². The molecule has 0 saturated carbocycles. The molecule has 23 heavy (non-hydrogen) atoms. The first-order chi connectivity index (χ1) is 11.1. The molecule has 0 unspecified atom stereocenters. The summed E-state index contributed by atoms with van der Waals surface area (Å²) in [5.74, 6) is 6.55. The molecule has 0 aliphatic rings. The minimum absolute atomic E-state index is 0.0261. The molecule has 2 aromatic carbocycles. The minimum atomic E-state index is -0.464. The largest absolute Gasteiger partial charge is 0.497 e. The lowest BCUT2D eigenvalue weighted by Gasteiger charge is -2.11. The van der Waals surface area contributed by atoms with Crippen molar-refractivity contribution in [2.45, 2.75) is 9.79 Å². The van der Waals surface area contributed by atoms with Crippen LogP contribution in [0.25, 0.3) is 0 Å². The maximum atomic E-state index is 10.9. The number of hydrogen-bond acceptors (Lipinski definition) is 7. The van der Waals surface area contributed by atoms with Crippen LogP contribution in [-0.2, 0) is 0 Å². The molecule has 2 N–H and O–H groups in total. The standard InChI is InChI=1S/C15H15N3O4S/c1-21-12-4-5-13(22-2)15(8-12)23-14-6-3-11(18(19)20)7-10(14)9-17-16/h3-9H,16H2,1-2H3. The maximum absolute atomic E-state index is 10.9. The van der Waals surface area contributed by atoms with E-state index >= 15 is 0 Å². The summed E-state index contributed by atoms with van der Waals surface area (Å²) in [6.07, 6.45) is 1.38. The van der Waals surface area contributed by atoms with Crippen molar-refractivity contribution in [3.05, 3.63) is 52.1 Å². The Morgan fingerprint density at radius 1 is 1.17 bits per heavy atom. The normalized spacial score (nSPS) is 10.7. The van der Waals surface area contributed by atoms with Gasteiger partial charge in [-0.25, -0.2) is 0 Å². The number of methoxy groups -OCH3 is 2. The molecule has 8 heteroatoms. The number of hydrazone groups is 1. The predicted molar refractivity (Wildman–Crippen MR) is 88.5 cm³/mol. The minimum Gasteiger partial charge on any atom is -0.497 e. The van der Waals surface area contributed by atoms with Crippen LogP contribution in [-0.4, -0.2) is 25.4 Å². The van der Waals surface area contributed by atoms with E-state index in [-0.39, 0.29) is 5.69 Å². The Kier molecular flexibility index (Phi) is 5.42. The summed E-state index contributed by atoms with van der Waals surface area (Å²) in [5, 5.41) is 14.4. The van der Waals surface area contributed by atoms with E-state index in [1.807, 2.05) is 6.07 Å². The highest BCUT2D eigenvalue weighted by molar-refractivity contribution is 7.99. The van der Waals surface area contributed by atoms with Crippen molar-refractivity contribution >= 4 is 23.7 Å². The van der Waals surface area contributed by atoms with Crippen molar-refractivity contribution in [1.29, 1.82) is 0 Å².